The van der Waals surface area contributed by atoms with Gasteiger partial charge < -0.3 is 15.2 Å². The van der Waals surface area contributed by atoms with Crippen molar-refractivity contribution < 1.29 is 14.7 Å². The molecule has 0 aromatic carbocycles. The number of hydrogen-bond donors (Lipinski definition) is 1. The van der Waals surface area contributed by atoms with Gasteiger partial charge in [-0.3, -0.25) is 4.79 Å². The Bertz CT molecular complexity index is 179. The van der Waals surface area contributed by atoms with Gasteiger partial charge in [0.25, 0.3) is 0 Å². The summed E-state index contributed by atoms with van der Waals surface area (Å²) in [7, 11) is 0. The van der Waals surface area contributed by atoms with E-state index in [9.17, 15) is 14.7 Å². The molecule has 62 valence electrons. The van der Waals surface area contributed by atoms with Crippen molar-refractivity contribution in [2.75, 3.05) is 0 Å². The molecule has 1 fully saturated rings. The lowest BCUT2D eigenvalue weighted by molar-refractivity contribution is -0.305. The van der Waals surface area contributed by atoms with Crippen LogP contribution in [0.1, 0.15) is 25.7 Å². The standard InChI is InChI=1S/C7H11NO3/c9-6-3-1-5(8-6)2-4-7(10)11/h5H,1-4H2,(H,8,9)(H,10,11)/p-1/t5-/m1/s1. The van der Waals surface area contributed by atoms with Gasteiger partial charge in [0.05, 0.1) is 0 Å². The molecular weight excluding hydrogens is 146 g/mol. The first-order chi connectivity index (χ1) is 5.18. The molecular formula is C7H10NO3-. The minimum atomic E-state index is -1.05. The average Bonchev–Trinajstić information content (AvgIpc) is 2.31. The Hall–Kier alpha value is -1.06. The summed E-state index contributed by atoms with van der Waals surface area (Å²) < 4.78 is 0. The zero-order chi connectivity index (χ0) is 8.27. The molecule has 0 unspecified atom stereocenters. The summed E-state index contributed by atoms with van der Waals surface area (Å²) in [6.07, 6.45) is 1.81. The van der Waals surface area contributed by atoms with E-state index in [4.69, 9.17) is 0 Å². The highest BCUT2D eigenvalue weighted by atomic mass is 16.4. The second-order valence-electron chi connectivity index (χ2n) is 2.71. The van der Waals surface area contributed by atoms with Crippen LogP contribution in [-0.4, -0.2) is 17.9 Å². The van der Waals surface area contributed by atoms with E-state index in [0.717, 1.165) is 6.42 Å². The first-order valence-corrected chi connectivity index (χ1v) is 3.67. The summed E-state index contributed by atoms with van der Waals surface area (Å²) >= 11 is 0. The zero-order valence-electron chi connectivity index (χ0n) is 6.13. The van der Waals surface area contributed by atoms with Gasteiger partial charge >= 0.3 is 0 Å². The number of carbonyl (C=O) groups is 2. The van der Waals surface area contributed by atoms with Crippen molar-refractivity contribution in [3.63, 3.8) is 0 Å². The molecule has 1 heterocycles. The zero-order valence-corrected chi connectivity index (χ0v) is 6.13. The predicted molar refractivity (Wildman–Crippen MR) is 35.4 cm³/mol. The molecule has 1 aliphatic rings. The van der Waals surface area contributed by atoms with E-state index in [2.05, 4.69) is 5.32 Å². The maximum absolute atomic E-state index is 10.6. The smallest absolute Gasteiger partial charge is 0.220 e. The molecule has 0 aromatic heterocycles. The summed E-state index contributed by atoms with van der Waals surface area (Å²) in [5.74, 6) is -1.03. The Balaban J connectivity index is 2.18. The van der Waals surface area contributed by atoms with Gasteiger partial charge in [-0.15, -0.1) is 0 Å². The first kappa shape index (κ1) is 8.04. The third-order valence-electron chi connectivity index (χ3n) is 1.78. The molecule has 0 aromatic rings. The second kappa shape index (κ2) is 3.37. The number of nitrogens with one attached hydrogen (secondary N) is 1. The fraction of sp³-hybridized carbons (Fsp3) is 0.714. The number of carboxylic acids is 1. The molecule has 1 amide bonds. The van der Waals surface area contributed by atoms with Crippen molar-refractivity contribution in [1.29, 1.82) is 0 Å². The van der Waals surface area contributed by atoms with E-state index in [1.54, 1.807) is 0 Å². The molecule has 1 rings (SSSR count). The molecule has 1 N–H and O–H groups in total. The van der Waals surface area contributed by atoms with Gasteiger partial charge in [0, 0.05) is 18.4 Å². The Kier molecular flexibility index (Phi) is 2.46. The third kappa shape index (κ3) is 2.57. The normalized spacial score (nSPS) is 23.3. The number of carboxylic acid groups (broad SMARTS) is 1. The third-order valence-corrected chi connectivity index (χ3v) is 1.78. The maximum Gasteiger partial charge on any atom is 0.220 e. The maximum atomic E-state index is 10.6. The van der Waals surface area contributed by atoms with E-state index in [0.29, 0.717) is 12.8 Å². The van der Waals surface area contributed by atoms with E-state index in [-0.39, 0.29) is 18.4 Å². The second-order valence-corrected chi connectivity index (χ2v) is 2.71. The van der Waals surface area contributed by atoms with Crippen molar-refractivity contribution in [2.45, 2.75) is 31.7 Å². The summed E-state index contributed by atoms with van der Waals surface area (Å²) in [6, 6.07) is 0.0559. The Morgan fingerprint density at radius 1 is 1.73 bits per heavy atom. The largest absolute Gasteiger partial charge is 0.550 e. The van der Waals surface area contributed by atoms with Gasteiger partial charge in [0.2, 0.25) is 5.91 Å². The van der Waals surface area contributed by atoms with Crippen LogP contribution >= 0.6 is 0 Å². The van der Waals surface area contributed by atoms with Crippen molar-refractivity contribution in [1.82, 2.24) is 5.32 Å². The topological polar surface area (TPSA) is 69.2 Å². The fourth-order valence-electron chi connectivity index (χ4n) is 1.19. The molecule has 0 spiro atoms. The van der Waals surface area contributed by atoms with Crippen molar-refractivity contribution in [3.8, 4) is 0 Å². The lowest BCUT2D eigenvalue weighted by Gasteiger charge is -2.08. The van der Waals surface area contributed by atoms with Crippen LogP contribution < -0.4 is 10.4 Å². The van der Waals surface area contributed by atoms with Gasteiger partial charge in [-0.25, -0.2) is 0 Å². The number of carbonyl (C=O) groups excluding carboxylic acids is 2. The molecule has 0 bridgehead atoms. The van der Waals surface area contributed by atoms with Crippen LogP contribution in [0.15, 0.2) is 0 Å². The number of rotatable bonds is 3. The van der Waals surface area contributed by atoms with Crippen LogP contribution in [0.4, 0.5) is 0 Å². The van der Waals surface area contributed by atoms with Crippen molar-refractivity contribution in [3.05, 3.63) is 0 Å². The van der Waals surface area contributed by atoms with E-state index >= 15 is 0 Å². The number of aliphatic carboxylic acids is 1. The van der Waals surface area contributed by atoms with Crippen LogP contribution in [-0.2, 0) is 9.59 Å². The Morgan fingerprint density at radius 2 is 2.45 bits per heavy atom. The Morgan fingerprint density at radius 3 is 2.91 bits per heavy atom. The van der Waals surface area contributed by atoms with Crippen LogP contribution in [0.5, 0.6) is 0 Å². The van der Waals surface area contributed by atoms with E-state index in [1.807, 2.05) is 0 Å². The fourth-order valence-corrected chi connectivity index (χ4v) is 1.19. The van der Waals surface area contributed by atoms with Gasteiger partial charge in [-0.05, 0) is 19.3 Å². The van der Waals surface area contributed by atoms with Gasteiger partial charge in [0.1, 0.15) is 0 Å². The molecule has 11 heavy (non-hydrogen) atoms. The van der Waals surface area contributed by atoms with Crippen molar-refractivity contribution in [2.24, 2.45) is 0 Å². The molecule has 4 heteroatoms. The molecule has 4 nitrogen and oxygen atoms in total. The molecule has 1 atom stereocenters. The summed E-state index contributed by atoms with van der Waals surface area (Å²) in [5, 5.41) is 12.7. The highest BCUT2D eigenvalue weighted by molar-refractivity contribution is 5.78. The molecule has 1 saturated heterocycles. The summed E-state index contributed by atoms with van der Waals surface area (Å²) in [5.41, 5.74) is 0. The van der Waals surface area contributed by atoms with E-state index < -0.39 is 5.97 Å². The summed E-state index contributed by atoms with van der Waals surface area (Å²) in [6.45, 7) is 0. The first-order valence-electron chi connectivity index (χ1n) is 3.67. The van der Waals surface area contributed by atoms with Crippen molar-refractivity contribution >= 4 is 11.9 Å². The molecule has 0 aliphatic carbocycles. The summed E-state index contributed by atoms with van der Waals surface area (Å²) in [4.78, 5) is 20.6. The molecule has 1 aliphatic heterocycles. The SMILES string of the molecule is O=C([O-])CC[C@H]1CCC(=O)N1. The van der Waals surface area contributed by atoms with Gasteiger partial charge in [-0.2, -0.15) is 0 Å². The number of hydrogen-bond acceptors (Lipinski definition) is 3. The van der Waals surface area contributed by atoms with Gasteiger partial charge in [0.15, 0.2) is 0 Å². The Labute approximate surface area is 64.6 Å². The lowest BCUT2D eigenvalue weighted by atomic mass is 10.1. The lowest BCUT2D eigenvalue weighted by Crippen LogP contribution is -2.29. The minimum absolute atomic E-state index is 0.0216. The highest BCUT2D eigenvalue weighted by Gasteiger charge is 2.19. The van der Waals surface area contributed by atoms with Crippen LogP contribution in [0.25, 0.3) is 0 Å². The van der Waals surface area contributed by atoms with Crippen LogP contribution in [0.3, 0.4) is 0 Å². The molecule has 0 saturated carbocycles. The average molecular weight is 156 g/mol. The quantitative estimate of drug-likeness (QED) is 0.557. The predicted octanol–water partition coefficient (Wildman–Crippen LogP) is -1.20. The van der Waals surface area contributed by atoms with Crippen LogP contribution in [0, 0.1) is 0 Å². The van der Waals surface area contributed by atoms with E-state index in [1.165, 1.54) is 0 Å². The van der Waals surface area contributed by atoms with Crippen LogP contribution in [0.2, 0.25) is 0 Å². The minimum Gasteiger partial charge on any atom is -0.550 e. The molecule has 0 radical (unpaired) electrons. The monoisotopic (exact) mass is 156 g/mol. The highest BCUT2D eigenvalue weighted by Crippen LogP contribution is 2.10. The number of amides is 1. The van der Waals surface area contributed by atoms with Gasteiger partial charge in [-0.1, -0.05) is 0 Å².